The van der Waals surface area contributed by atoms with E-state index in [2.05, 4.69) is 3.45 Å². The van der Waals surface area contributed by atoms with Crippen LogP contribution in [0, 0.1) is 0 Å². The van der Waals surface area contributed by atoms with E-state index in [-0.39, 0.29) is 29.6 Å². The fourth-order valence-electron chi connectivity index (χ4n) is 0. The molecule has 0 aliphatic carbocycles. The Hall–Kier alpha value is 1.57. The molecule has 0 amide bonds. The predicted molar refractivity (Wildman–Crippen MR) is 19.3 cm³/mol. The maximum atomic E-state index is 9.24. The monoisotopic (exact) mass is 156 g/mol. The van der Waals surface area contributed by atoms with Gasteiger partial charge in [-0.25, -0.2) is 0 Å². The van der Waals surface area contributed by atoms with Crippen molar-refractivity contribution < 1.29 is 26.2 Å². The van der Waals surface area contributed by atoms with Crippen molar-refractivity contribution in [3.63, 3.8) is 0 Å². The van der Waals surface area contributed by atoms with E-state index in [1.165, 1.54) is 0 Å². The molecule has 6 heteroatoms. The molecular weight excluding hydrogens is 153 g/mol. The molecule has 0 saturated carbocycles. The Labute approximate surface area is 64.8 Å². The van der Waals surface area contributed by atoms with Crippen LogP contribution in [0.25, 0.3) is 0 Å². The molecule has 0 rings (SSSR count). The molecular formula is H3NaO3PV. The van der Waals surface area contributed by atoms with Gasteiger partial charge in [0.25, 0.3) is 0 Å². The minimum absolute atomic E-state index is 0. The van der Waals surface area contributed by atoms with E-state index < -0.39 is 15.4 Å². The van der Waals surface area contributed by atoms with Crippen molar-refractivity contribution in [1.82, 2.24) is 0 Å². The second-order valence-corrected chi connectivity index (χ2v) is 2.23. The average molecular weight is 156 g/mol. The van der Waals surface area contributed by atoms with Crippen molar-refractivity contribution in [3.05, 3.63) is 0 Å². The summed E-state index contributed by atoms with van der Waals surface area (Å²) in [6.07, 6.45) is 0. The molecule has 0 N–H and O–H groups in total. The van der Waals surface area contributed by atoms with Gasteiger partial charge in [0, 0.05) is 0 Å². The molecule has 0 aromatic carbocycles. The molecule has 0 aliphatic rings. The van der Waals surface area contributed by atoms with Crippen LogP contribution in [0.4, 0.5) is 0 Å². The number of rotatable bonds is 1. The Balaban J connectivity index is 0. The Bertz CT molecular complexity index is 68.9. The van der Waals surface area contributed by atoms with Crippen LogP contribution >= 0.6 is 9.47 Å². The SMILES string of the molecule is [NaH].[O]=[V](=[O])[O]P. The van der Waals surface area contributed by atoms with Crippen molar-refractivity contribution in [2.24, 2.45) is 0 Å². The van der Waals surface area contributed by atoms with Gasteiger partial charge in [0.15, 0.2) is 0 Å². The first-order chi connectivity index (χ1) is 2.27. The quantitative estimate of drug-likeness (QED) is 0.375. The van der Waals surface area contributed by atoms with Crippen LogP contribution in [0.5, 0.6) is 0 Å². The zero-order chi connectivity index (χ0) is 4.28. The van der Waals surface area contributed by atoms with Gasteiger partial charge in [-0.15, -0.1) is 0 Å². The topological polar surface area (TPSA) is 43.4 Å². The van der Waals surface area contributed by atoms with Crippen molar-refractivity contribution >= 4 is 39.0 Å². The van der Waals surface area contributed by atoms with Crippen LogP contribution in [-0.4, -0.2) is 29.6 Å². The van der Waals surface area contributed by atoms with E-state index in [1.54, 1.807) is 9.47 Å². The fourth-order valence-corrected chi connectivity index (χ4v) is 0. The van der Waals surface area contributed by atoms with E-state index in [0.717, 1.165) is 0 Å². The molecule has 0 fully saturated rings. The summed E-state index contributed by atoms with van der Waals surface area (Å²) in [7, 11) is 1.63. The van der Waals surface area contributed by atoms with Crippen LogP contribution < -0.4 is 0 Å². The van der Waals surface area contributed by atoms with Gasteiger partial charge >= 0.3 is 65.2 Å². The molecule has 0 aromatic heterocycles. The van der Waals surface area contributed by atoms with Gasteiger partial charge in [-0.05, 0) is 0 Å². The van der Waals surface area contributed by atoms with Crippen molar-refractivity contribution in [2.45, 2.75) is 0 Å². The van der Waals surface area contributed by atoms with E-state index in [9.17, 15) is 7.35 Å². The van der Waals surface area contributed by atoms with E-state index in [4.69, 9.17) is 0 Å². The average Bonchev–Trinajstić information content (AvgIpc) is 1.38. The molecule has 32 valence electrons. The first-order valence-electron chi connectivity index (χ1n) is 0.783. The Morgan fingerprint density at radius 2 is 1.67 bits per heavy atom. The van der Waals surface area contributed by atoms with Crippen molar-refractivity contribution in [1.29, 1.82) is 0 Å². The molecule has 1 unspecified atom stereocenters. The fraction of sp³-hybridized carbons (Fsp3) is 0. The van der Waals surface area contributed by atoms with Crippen LogP contribution in [0.2, 0.25) is 0 Å². The van der Waals surface area contributed by atoms with E-state index in [1.807, 2.05) is 0 Å². The zero-order valence-corrected chi connectivity index (χ0v) is 4.80. The first-order valence-corrected chi connectivity index (χ1v) is 2.97. The normalized spacial score (nSPS) is 6.17. The number of hydrogen-bond acceptors (Lipinski definition) is 3. The molecule has 0 saturated heterocycles. The second kappa shape index (κ2) is 6.57. The molecule has 3 nitrogen and oxygen atoms in total. The van der Waals surface area contributed by atoms with Gasteiger partial charge in [0.1, 0.15) is 0 Å². The maximum absolute atomic E-state index is 9.24. The van der Waals surface area contributed by atoms with Crippen molar-refractivity contribution in [2.75, 3.05) is 0 Å². The van der Waals surface area contributed by atoms with E-state index >= 15 is 0 Å². The third-order valence-corrected chi connectivity index (χ3v) is 1.06. The van der Waals surface area contributed by atoms with Gasteiger partial charge < -0.3 is 0 Å². The summed E-state index contributed by atoms with van der Waals surface area (Å²) in [5.41, 5.74) is 0. The second-order valence-electron chi connectivity index (χ2n) is 0.329. The summed E-state index contributed by atoms with van der Waals surface area (Å²) in [4.78, 5) is 0. The zero-order valence-electron chi connectivity index (χ0n) is 2.25. The summed E-state index contributed by atoms with van der Waals surface area (Å²) < 4.78 is 22.2. The summed E-state index contributed by atoms with van der Waals surface area (Å²) in [6.45, 7) is 0. The summed E-state index contributed by atoms with van der Waals surface area (Å²) in [5.74, 6) is 0. The van der Waals surface area contributed by atoms with Gasteiger partial charge in [-0.2, -0.15) is 0 Å². The standard InChI is InChI=1S/Na.H2OP.2O.V.H/c;1-2;;;;/h;2H2;;;;/q;-1;;;+1;. The van der Waals surface area contributed by atoms with Gasteiger partial charge in [0.05, 0.1) is 0 Å². The summed E-state index contributed by atoms with van der Waals surface area (Å²) in [6, 6.07) is 0. The van der Waals surface area contributed by atoms with Crippen molar-refractivity contribution in [3.8, 4) is 0 Å². The Morgan fingerprint density at radius 3 is 1.67 bits per heavy atom. The van der Waals surface area contributed by atoms with Crippen LogP contribution in [0.15, 0.2) is 0 Å². The molecule has 0 bridgehead atoms. The van der Waals surface area contributed by atoms with Gasteiger partial charge in [0.2, 0.25) is 0 Å². The first kappa shape index (κ1) is 10.5. The van der Waals surface area contributed by atoms with Gasteiger partial charge in [-0.1, -0.05) is 0 Å². The third kappa shape index (κ3) is 9.13. The summed E-state index contributed by atoms with van der Waals surface area (Å²) in [5, 5.41) is 0. The van der Waals surface area contributed by atoms with E-state index in [0.29, 0.717) is 0 Å². The molecule has 6 heavy (non-hydrogen) atoms. The molecule has 0 aromatic rings. The molecule has 0 spiro atoms. The van der Waals surface area contributed by atoms with Crippen LogP contribution in [-0.2, 0) is 26.2 Å². The Kier molecular flexibility index (Phi) is 11.5. The van der Waals surface area contributed by atoms with Gasteiger partial charge in [-0.3, -0.25) is 0 Å². The molecule has 0 radical (unpaired) electrons. The summed E-state index contributed by atoms with van der Waals surface area (Å²) >= 11 is -3.24. The van der Waals surface area contributed by atoms with Crippen LogP contribution in [0.1, 0.15) is 0 Å². The Morgan fingerprint density at radius 1 is 1.50 bits per heavy atom. The molecule has 1 atom stereocenters. The molecule has 0 heterocycles. The molecule has 0 aliphatic heterocycles. The van der Waals surface area contributed by atoms with Crippen LogP contribution in [0.3, 0.4) is 0 Å². The predicted octanol–water partition coefficient (Wildman–Crippen LogP) is -0.631. The number of hydrogen-bond donors (Lipinski definition) is 0. The minimum atomic E-state index is -3.24. The third-order valence-electron chi connectivity index (χ3n) is 0.0861.